The summed E-state index contributed by atoms with van der Waals surface area (Å²) in [5.74, 6) is 3.94. The lowest BCUT2D eigenvalue weighted by molar-refractivity contribution is -0.137. The molecular weight excluding hydrogens is 258 g/mol. The molecule has 0 aliphatic heterocycles. The van der Waals surface area contributed by atoms with Crippen LogP contribution in [0.5, 0.6) is 0 Å². The van der Waals surface area contributed by atoms with Crippen molar-refractivity contribution in [2.24, 2.45) is 0 Å². The summed E-state index contributed by atoms with van der Waals surface area (Å²) in [5, 5.41) is 0. The number of nitrogens with two attached hydrogens (primary N) is 1. The van der Waals surface area contributed by atoms with Crippen LogP contribution in [0.15, 0.2) is 12.1 Å². The fourth-order valence-corrected chi connectivity index (χ4v) is 1.23. The average molecular weight is 266 g/mol. The summed E-state index contributed by atoms with van der Waals surface area (Å²) in [6.45, 7) is 0. The Morgan fingerprint density at radius 3 is 2.47 bits per heavy atom. The van der Waals surface area contributed by atoms with E-state index in [1.807, 2.05) is 0 Å². The van der Waals surface area contributed by atoms with E-state index in [-0.39, 0.29) is 12.3 Å². The molecule has 1 aromatic rings. The lowest BCUT2D eigenvalue weighted by atomic mass is 10.1. The van der Waals surface area contributed by atoms with E-state index in [2.05, 4.69) is 11.8 Å². The minimum absolute atomic E-state index is 0.200. The van der Waals surface area contributed by atoms with Crippen molar-refractivity contribution in [3.05, 3.63) is 29.1 Å². The summed E-state index contributed by atoms with van der Waals surface area (Å²) in [6.07, 6.45) is -4.39. The van der Waals surface area contributed by atoms with Gasteiger partial charge in [-0.2, -0.15) is 13.2 Å². The number of alkyl halides is 4. The number of rotatable bonds is 1. The van der Waals surface area contributed by atoms with Crippen molar-refractivity contribution in [3.8, 4) is 11.8 Å². The predicted molar refractivity (Wildman–Crippen MR) is 58.0 cm³/mol. The summed E-state index contributed by atoms with van der Waals surface area (Å²) in [4.78, 5) is 0. The average Bonchev–Trinajstić information content (AvgIpc) is 2.21. The second-order valence-electron chi connectivity index (χ2n) is 3.16. The molecule has 0 aliphatic carbocycles. The predicted octanol–water partition coefficient (Wildman–Crippen LogP) is 3.41. The zero-order chi connectivity index (χ0) is 13.1. The molecule has 0 aliphatic rings. The third kappa shape index (κ3) is 3.53. The van der Waals surface area contributed by atoms with Crippen molar-refractivity contribution in [3.63, 3.8) is 0 Å². The van der Waals surface area contributed by atoms with E-state index in [4.69, 9.17) is 17.3 Å². The number of halogens is 5. The number of nitrogen functional groups attached to an aromatic ring is 1. The first-order valence-corrected chi connectivity index (χ1v) is 5.10. The first-order chi connectivity index (χ1) is 7.86. The van der Waals surface area contributed by atoms with Crippen LogP contribution in [-0.4, -0.2) is 5.88 Å². The van der Waals surface area contributed by atoms with Gasteiger partial charge in [0.05, 0.1) is 11.3 Å². The summed E-state index contributed by atoms with van der Waals surface area (Å²) < 4.78 is 50.9. The number of hydrogen-bond donors (Lipinski definition) is 1. The molecule has 1 nitrogen and oxygen atoms in total. The van der Waals surface area contributed by atoms with Crippen LogP contribution in [0.2, 0.25) is 0 Å². The number of anilines is 1. The Morgan fingerprint density at radius 1 is 1.29 bits per heavy atom. The van der Waals surface area contributed by atoms with Crippen LogP contribution in [0.25, 0.3) is 0 Å². The molecule has 0 spiro atoms. The smallest absolute Gasteiger partial charge is 0.396 e. The van der Waals surface area contributed by atoms with Crippen molar-refractivity contribution in [1.82, 2.24) is 0 Å². The quantitative estimate of drug-likeness (QED) is 0.358. The van der Waals surface area contributed by atoms with Crippen molar-refractivity contribution < 1.29 is 17.6 Å². The Labute approximate surface area is 101 Å². The van der Waals surface area contributed by atoms with E-state index in [0.717, 1.165) is 0 Å². The van der Waals surface area contributed by atoms with Crippen LogP contribution in [0.4, 0.5) is 23.2 Å². The molecule has 0 bridgehead atoms. The summed E-state index contributed by atoms with van der Waals surface area (Å²) in [6, 6.07) is 1.22. The van der Waals surface area contributed by atoms with Gasteiger partial charge in [-0.1, -0.05) is 11.8 Å². The van der Waals surface area contributed by atoms with Gasteiger partial charge in [0, 0.05) is 17.9 Å². The Balaban J connectivity index is 3.28. The van der Waals surface area contributed by atoms with E-state index in [1.54, 1.807) is 0 Å². The molecule has 0 aromatic heterocycles. The van der Waals surface area contributed by atoms with Gasteiger partial charge in [-0.25, -0.2) is 4.39 Å². The van der Waals surface area contributed by atoms with Gasteiger partial charge in [-0.3, -0.25) is 0 Å². The molecule has 1 rings (SSSR count). The Morgan fingerprint density at radius 2 is 1.94 bits per heavy atom. The summed E-state index contributed by atoms with van der Waals surface area (Å²) >= 11 is 5.34. The van der Waals surface area contributed by atoms with Gasteiger partial charge in [0.2, 0.25) is 0 Å². The van der Waals surface area contributed by atoms with E-state index in [9.17, 15) is 17.6 Å². The highest BCUT2D eigenvalue weighted by Crippen LogP contribution is 2.33. The van der Waals surface area contributed by atoms with Crippen molar-refractivity contribution in [2.45, 2.75) is 12.6 Å². The third-order valence-electron chi connectivity index (χ3n) is 1.88. The molecule has 0 fully saturated rings. The lowest BCUT2D eigenvalue weighted by Gasteiger charge is -2.10. The Kier molecular flexibility index (Phi) is 4.24. The second-order valence-corrected chi connectivity index (χ2v) is 3.54. The van der Waals surface area contributed by atoms with E-state index in [0.29, 0.717) is 12.1 Å². The highest BCUT2D eigenvalue weighted by Gasteiger charge is 2.34. The lowest BCUT2D eigenvalue weighted by Crippen LogP contribution is -2.09. The van der Waals surface area contributed by atoms with Crippen molar-refractivity contribution in [2.75, 3.05) is 11.6 Å². The van der Waals surface area contributed by atoms with Gasteiger partial charge in [-0.05, 0) is 12.1 Å². The second kappa shape index (κ2) is 5.28. The third-order valence-corrected chi connectivity index (χ3v) is 2.07. The standard InChI is InChI=1S/C11H8ClF4N/c12-4-2-1-3-7-5-9(13)10(17)6-8(7)11(14,15)16/h5-6H,2,4,17H2. The van der Waals surface area contributed by atoms with Gasteiger partial charge < -0.3 is 5.73 Å². The van der Waals surface area contributed by atoms with Gasteiger partial charge in [-0.15, -0.1) is 11.6 Å². The van der Waals surface area contributed by atoms with Crippen LogP contribution in [-0.2, 0) is 6.18 Å². The number of benzene rings is 1. The maximum atomic E-state index is 13.1. The van der Waals surface area contributed by atoms with Crippen LogP contribution in [0, 0.1) is 17.7 Å². The van der Waals surface area contributed by atoms with Gasteiger partial charge in [0.15, 0.2) is 0 Å². The molecule has 2 N–H and O–H groups in total. The van der Waals surface area contributed by atoms with Gasteiger partial charge >= 0.3 is 6.18 Å². The molecule has 1 aromatic carbocycles. The summed E-state index contributed by atoms with van der Waals surface area (Å²) in [5.41, 5.74) is 3.06. The summed E-state index contributed by atoms with van der Waals surface area (Å²) in [7, 11) is 0. The topological polar surface area (TPSA) is 26.0 Å². The minimum Gasteiger partial charge on any atom is -0.396 e. The normalized spacial score (nSPS) is 10.9. The fourth-order valence-electron chi connectivity index (χ4n) is 1.13. The molecule has 0 amide bonds. The Bertz CT molecular complexity index is 471. The van der Waals surface area contributed by atoms with Crippen LogP contribution in [0.3, 0.4) is 0 Å². The monoisotopic (exact) mass is 265 g/mol. The molecule has 0 unspecified atom stereocenters. The molecule has 0 saturated carbocycles. The fraction of sp³-hybridized carbons (Fsp3) is 0.273. The highest BCUT2D eigenvalue weighted by molar-refractivity contribution is 6.18. The molecular formula is C11H8ClF4N. The zero-order valence-corrected chi connectivity index (χ0v) is 9.29. The molecule has 0 saturated heterocycles. The maximum absolute atomic E-state index is 13.1. The van der Waals surface area contributed by atoms with Crippen LogP contribution >= 0.6 is 11.6 Å². The van der Waals surface area contributed by atoms with Crippen LogP contribution < -0.4 is 5.73 Å². The van der Waals surface area contributed by atoms with Crippen molar-refractivity contribution in [1.29, 1.82) is 0 Å². The zero-order valence-electron chi connectivity index (χ0n) is 8.54. The van der Waals surface area contributed by atoms with Crippen LogP contribution in [0.1, 0.15) is 17.5 Å². The highest BCUT2D eigenvalue weighted by atomic mass is 35.5. The van der Waals surface area contributed by atoms with E-state index >= 15 is 0 Å². The SMILES string of the molecule is Nc1cc(C(F)(F)F)c(C#CCCCl)cc1F. The van der Waals surface area contributed by atoms with Gasteiger partial charge in [0.25, 0.3) is 0 Å². The molecule has 0 heterocycles. The maximum Gasteiger partial charge on any atom is 0.417 e. The largest absolute Gasteiger partial charge is 0.417 e. The molecule has 6 heteroatoms. The van der Waals surface area contributed by atoms with E-state index in [1.165, 1.54) is 0 Å². The minimum atomic E-state index is -4.62. The first-order valence-electron chi connectivity index (χ1n) is 4.57. The van der Waals surface area contributed by atoms with Gasteiger partial charge in [0.1, 0.15) is 5.82 Å². The first kappa shape index (κ1) is 13.7. The molecule has 0 atom stereocenters. The molecule has 17 heavy (non-hydrogen) atoms. The molecule has 92 valence electrons. The Hall–Kier alpha value is -1.41. The van der Waals surface area contributed by atoms with Crippen molar-refractivity contribution >= 4 is 17.3 Å². The molecule has 0 radical (unpaired) electrons. The van der Waals surface area contributed by atoms with E-state index < -0.39 is 28.8 Å². The number of hydrogen-bond acceptors (Lipinski definition) is 1.